The van der Waals surface area contributed by atoms with Crippen LogP contribution < -0.4 is 5.32 Å². The SMILES string of the molecule is Clc1nc(NCc2ccco2)c2[nH]c(-c3ccccc3)nc2n1. The average Bonchev–Trinajstić information content (AvgIpc) is 3.22. The standard InChI is InChI=1S/C16H12ClN5O/c17-16-21-14(18-9-11-7-4-8-23-11)12-15(22-16)20-13(19-12)10-5-2-1-3-6-10/h1-8H,9H2,(H2,18,19,20,21,22). The molecule has 0 aliphatic rings. The number of rotatable bonds is 4. The third kappa shape index (κ3) is 2.76. The number of H-pyrrole nitrogens is 1. The smallest absolute Gasteiger partial charge is 0.226 e. The van der Waals surface area contributed by atoms with E-state index in [0.29, 0.717) is 23.5 Å². The summed E-state index contributed by atoms with van der Waals surface area (Å²) in [5.74, 6) is 2.11. The highest BCUT2D eigenvalue weighted by atomic mass is 35.5. The Morgan fingerprint density at radius 3 is 2.70 bits per heavy atom. The third-order valence-corrected chi connectivity index (χ3v) is 3.55. The van der Waals surface area contributed by atoms with E-state index in [2.05, 4.69) is 25.3 Å². The zero-order chi connectivity index (χ0) is 15.6. The molecule has 2 N–H and O–H groups in total. The van der Waals surface area contributed by atoms with Gasteiger partial charge in [-0.15, -0.1) is 0 Å². The van der Waals surface area contributed by atoms with Crippen LogP contribution in [-0.4, -0.2) is 19.9 Å². The zero-order valence-corrected chi connectivity index (χ0v) is 12.7. The van der Waals surface area contributed by atoms with E-state index in [0.717, 1.165) is 17.1 Å². The number of hydrogen-bond acceptors (Lipinski definition) is 5. The third-order valence-electron chi connectivity index (χ3n) is 3.38. The number of anilines is 1. The number of benzene rings is 1. The van der Waals surface area contributed by atoms with Crippen LogP contribution in [0.2, 0.25) is 5.28 Å². The quantitative estimate of drug-likeness (QED) is 0.557. The first-order valence-electron chi connectivity index (χ1n) is 7.04. The summed E-state index contributed by atoms with van der Waals surface area (Å²) in [5, 5.41) is 3.34. The van der Waals surface area contributed by atoms with Crippen LogP contribution in [0.25, 0.3) is 22.6 Å². The summed E-state index contributed by atoms with van der Waals surface area (Å²) in [6.07, 6.45) is 1.63. The van der Waals surface area contributed by atoms with Crippen molar-refractivity contribution in [3.63, 3.8) is 0 Å². The summed E-state index contributed by atoms with van der Waals surface area (Å²) in [7, 11) is 0. The fourth-order valence-corrected chi connectivity index (χ4v) is 2.48. The molecule has 114 valence electrons. The number of furan rings is 1. The minimum atomic E-state index is 0.144. The van der Waals surface area contributed by atoms with Crippen LogP contribution in [0.5, 0.6) is 0 Å². The van der Waals surface area contributed by atoms with Gasteiger partial charge in [0.25, 0.3) is 0 Å². The van der Waals surface area contributed by atoms with E-state index >= 15 is 0 Å². The number of aromatic nitrogens is 4. The van der Waals surface area contributed by atoms with Crippen LogP contribution in [0.3, 0.4) is 0 Å². The van der Waals surface area contributed by atoms with Crippen molar-refractivity contribution >= 4 is 28.6 Å². The van der Waals surface area contributed by atoms with Gasteiger partial charge in [0.05, 0.1) is 12.8 Å². The lowest BCUT2D eigenvalue weighted by atomic mass is 10.2. The number of halogens is 1. The van der Waals surface area contributed by atoms with Gasteiger partial charge in [-0.2, -0.15) is 9.97 Å². The van der Waals surface area contributed by atoms with Gasteiger partial charge in [0.1, 0.15) is 17.1 Å². The fraction of sp³-hybridized carbons (Fsp3) is 0.0625. The summed E-state index contributed by atoms with van der Waals surface area (Å²) in [5.41, 5.74) is 2.20. The molecule has 23 heavy (non-hydrogen) atoms. The summed E-state index contributed by atoms with van der Waals surface area (Å²) >= 11 is 6.00. The summed E-state index contributed by atoms with van der Waals surface area (Å²) in [6.45, 7) is 0.495. The van der Waals surface area contributed by atoms with Gasteiger partial charge in [0, 0.05) is 5.56 Å². The van der Waals surface area contributed by atoms with E-state index in [4.69, 9.17) is 16.0 Å². The molecule has 0 bridgehead atoms. The van der Waals surface area contributed by atoms with Gasteiger partial charge >= 0.3 is 0 Å². The van der Waals surface area contributed by atoms with E-state index in [-0.39, 0.29) is 5.28 Å². The molecule has 0 radical (unpaired) electrons. The number of nitrogens with zero attached hydrogens (tertiary/aromatic N) is 3. The molecule has 0 amide bonds. The molecule has 0 aliphatic heterocycles. The normalized spacial score (nSPS) is 11.0. The number of nitrogens with one attached hydrogen (secondary N) is 2. The Morgan fingerprint density at radius 2 is 1.91 bits per heavy atom. The largest absolute Gasteiger partial charge is 0.467 e. The Morgan fingerprint density at radius 1 is 1.04 bits per heavy atom. The highest BCUT2D eigenvalue weighted by Gasteiger charge is 2.13. The summed E-state index contributed by atoms with van der Waals surface area (Å²) in [4.78, 5) is 16.2. The van der Waals surface area contributed by atoms with Gasteiger partial charge in [-0.3, -0.25) is 0 Å². The summed E-state index contributed by atoms with van der Waals surface area (Å²) in [6, 6.07) is 13.5. The molecule has 1 aromatic carbocycles. The monoisotopic (exact) mass is 325 g/mol. The predicted octanol–water partition coefficient (Wildman–Crippen LogP) is 3.88. The molecule has 0 saturated heterocycles. The molecule has 6 nitrogen and oxygen atoms in total. The number of imidazole rings is 1. The maximum Gasteiger partial charge on any atom is 0.226 e. The van der Waals surface area contributed by atoms with Crippen molar-refractivity contribution in [3.05, 3.63) is 59.8 Å². The van der Waals surface area contributed by atoms with Gasteiger partial charge in [-0.1, -0.05) is 30.3 Å². The second-order valence-corrected chi connectivity index (χ2v) is 5.26. The lowest BCUT2D eigenvalue weighted by Crippen LogP contribution is -2.02. The first kappa shape index (κ1) is 13.8. The van der Waals surface area contributed by atoms with Gasteiger partial charge in [0.15, 0.2) is 11.5 Å². The van der Waals surface area contributed by atoms with Crippen molar-refractivity contribution in [3.8, 4) is 11.4 Å². The van der Waals surface area contributed by atoms with E-state index in [1.165, 1.54) is 0 Å². The van der Waals surface area contributed by atoms with E-state index in [1.807, 2.05) is 42.5 Å². The molecular formula is C16H12ClN5O. The van der Waals surface area contributed by atoms with Crippen LogP contribution in [0.1, 0.15) is 5.76 Å². The topological polar surface area (TPSA) is 79.6 Å². The second kappa shape index (κ2) is 5.73. The minimum absolute atomic E-state index is 0.144. The Balaban J connectivity index is 1.73. The highest BCUT2D eigenvalue weighted by molar-refractivity contribution is 6.28. The second-order valence-electron chi connectivity index (χ2n) is 4.92. The lowest BCUT2D eigenvalue weighted by Gasteiger charge is -2.04. The molecule has 4 aromatic rings. The lowest BCUT2D eigenvalue weighted by molar-refractivity contribution is 0.518. The fourth-order valence-electron chi connectivity index (χ4n) is 2.32. The van der Waals surface area contributed by atoms with Crippen molar-refractivity contribution in [2.24, 2.45) is 0 Å². The minimum Gasteiger partial charge on any atom is -0.467 e. The van der Waals surface area contributed by atoms with E-state index < -0.39 is 0 Å². The first-order chi connectivity index (χ1) is 11.3. The molecule has 0 atom stereocenters. The highest BCUT2D eigenvalue weighted by Crippen LogP contribution is 2.25. The molecule has 0 saturated carbocycles. The number of aromatic amines is 1. The van der Waals surface area contributed by atoms with Crippen molar-refractivity contribution < 1.29 is 4.42 Å². The van der Waals surface area contributed by atoms with Crippen LogP contribution >= 0.6 is 11.6 Å². The van der Waals surface area contributed by atoms with Crippen molar-refractivity contribution in [2.75, 3.05) is 5.32 Å². The molecule has 0 aliphatic carbocycles. The van der Waals surface area contributed by atoms with Crippen LogP contribution in [0.15, 0.2) is 53.1 Å². The van der Waals surface area contributed by atoms with Crippen molar-refractivity contribution in [1.29, 1.82) is 0 Å². The Bertz CT molecular complexity index is 934. The average molecular weight is 326 g/mol. The van der Waals surface area contributed by atoms with Crippen molar-refractivity contribution in [1.82, 2.24) is 19.9 Å². The molecule has 3 aromatic heterocycles. The van der Waals surface area contributed by atoms with Crippen molar-refractivity contribution in [2.45, 2.75) is 6.54 Å². The number of fused-ring (bicyclic) bond motifs is 1. The Hall–Kier alpha value is -2.86. The maximum atomic E-state index is 6.00. The molecule has 0 spiro atoms. The predicted molar refractivity (Wildman–Crippen MR) is 88.2 cm³/mol. The molecule has 7 heteroatoms. The van der Waals surface area contributed by atoms with Crippen LogP contribution in [-0.2, 0) is 6.54 Å². The molecular weight excluding hydrogens is 314 g/mol. The van der Waals surface area contributed by atoms with Gasteiger partial charge < -0.3 is 14.7 Å². The van der Waals surface area contributed by atoms with E-state index in [9.17, 15) is 0 Å². The van der Waals surface area contributed by atoms with Gasteiger partial charge in [-0.05, 0) is 23.7 Å². The first-order valence-corrected chi connectivity index (χ1v) is 7.42. The molecule has 3 heterocycles. The van der Waals surface area contributed by atoms with Crippen LogP contribution in [0.4, 0.5) is 5.82 Å². The van der Waals surface area contributed by atoms with Gasteiger partial charge in [-0.25, -0.2) is 4.98 Å². The maximum absolute atomic E-state index is 6.00. The zero-order valence-electron chi connectivity index (χ0n) is 12.0. The molecule has 0 fully saturated rings. The summed E-state index contributed by atoms with van der Waals surface area (Å²) < 4.78 is 5.31. The molecule has 4 rings (SSSR count). The van der Waals surface area contributed by atoms with Crippen LogP contribution in [0, 0.1) is 0 Å². The molecule has 0 unspecified atom stereocenters. The Kier molecular flexibility index (Phi) is 3.44. The van der Waals surface area contributed by atoms with Gasteiger partial charge in [0.2, 0.25) is 5.28 Å². The Labute approximate surface area is 136 Å². The number of hydrogen-bond donors (Lipinski definition) is 2. The van der Waals surface area contributed by atoms with E-state index in [1.54, 1.807) is 6.26 Å².